The zero-order chi connectivity index (χ0) is 12.6. The standard InChI is InChI=1S/C13H29N3/c1-11(2)13(5,9-14)16-8-7-15(6)12(3,4)10-16/h11H,7-10,14H2,1-6H3. The van der Waals surface area contributed by atoms with Gasteiger partial charge in [0.15, 0.2) is 0 Å². The summed E-state index contributed by atoms with van der Waals surface area (Å²) in [4.78, 5) is 5.03. The molecule has 0 aliphatic carbocycles. The highest BCUT2D eigenvalue weighted by Crippen LogP contribution is 2.29. The number of hydrogen-bond donors (Lipinski definition) is 1. The van der Waals surface area contributed by atoms with E-state index >= 15 is 0 Å². The predicted molar refractivity (Wildman–Crippen MR) is 70.6 cm³/mol. The van der Waals surface area contributed by atoms with Crippen molar-refractivity contribution in [3.05, 3.63) is 0 Å². The molecule has 0 saturated carbocycles. The van der Waals surface area contributed by atoms with Gasteiger partial charge in [0, 0.05) is 37.3 Å². The highest BCUT2D eigenvalue weighted by Gasteiger charge is 2.40. The lowest BCUT2D eigenvalue weighted by atomic mass is 9.84. The molecule has 0 amide bonds. The highest BCUT2D eigenvalue weighted by atomic mass is 15.3. The summed E-state index contributed by atoms with van der Waals surface area (Å²) in [7, 11) is 2.21. The van der Waals surface area contributed by atoms with Crippen molar-refractivity contribution in [1.82, 2.24) is 9.80 Å². The van der Waals surface area contributed by atoms with Gasteiger partial charge in [-0.2, -0.15) is 0 Å². The quantitative estimate of drug-likeness (QED) is 0.791. The average Bonchev–Trinajstić information content (AvgIpc) is 2.20. The van der Waals surface area contributed by atoms with Crippen LogP contribution in [0.3, 0.4) is 0 Å². The summed E-state index contributed by atoms with van der Waals surface area (Å²) in [6.45, 7) is 15.6. The number of nitrogens with two attached hydrogens (primary N) is 1. The Kier molecular flexibility index (Phi) is 4.04. The Labute approximate surface area is 101 Å². The lowest BCUT2D eigenvalue weighted by molar-refractivity contribution is -0.0326. The van der Waals surface area contributed by atoms with E-state index in [9.17, 15) is 0 Å². The second-order valence-electron chi connectivity index (χ2n) is 6.37. The van der Waals surface area contributed by atoms with Crippen molar-refractivity contribution < 1.29 is 0 Å². The fraction of sp³-hybridized carbons (Fsp3) is 1.00. The van der Waals surface area contributed by atoms with Crippen molar-refractivity contribution in [2.75, 3.05) is 33.2 Å². The van der Waals surface area contributed by atoms with Crippen LogP contribution in [0.1, 0.15) is 34.6 Å². The van der Waals surface area contributed by atoms with E-state index in [2.05, 4.69) is 51.5 Å². The summed E-state index contributed by atoms with van der Waals surface area (Å²) in [5.41, 5.74) is 6.40. The molecule has 2 N–H and O–H groups in total. The zero-order valence-electron chi connectivity index (χ0n) is 11.9. The van der Waals surface area contributed by atoms with Crippen molar-refractivity contribution in [3.8, 4) is 0 Å². The van der Waals surface area contributed by atoms with Gasteiger partial charge in [0.2, 0.25) is 0 Å². The molecule has 3 heteroatoms. The third kappa shape index (κ3) is 2.41. The van der Waals surface area contributed by atoms with Crippen molar-refractivity contribution in [2.45, 2.75) is 45.7 Å². The molecule has 0 aromatic carbocycles. The van der Waals surface area contributed by atoms with E-state index in [0.717, 1.165) is 26.2 Å². The summed E-state index contributed by atoms with van der Waals surface area (Å²) < 4.78 is 0. The molecule has 1 aliphatic rings. The molecule has 0 aromatic heterocycles. The van der Waals surface area contributed by atoms with Gasteiger partial charge in [-0.1, -0.05) is 13.8 Å². The van der Waals surface area contributed by atoms with E-state index in [0.29, 0.717) is 5.92 Å². The fourth-order valence-corrected chi connectivity index (χ4v) is 2.41. The third-order valence-electron chi connectivity index (χ3n) is 4.70. The first-order valence-corrected chi connectivity index (χ1v) is 6.40. The van der Waals surface area contributed by atoms with Crippen LogP contribution in [0.25, 0.3) is 0 Å². The molecule has 0 bridgehead atoms. The number of likely N-dealkylation sites (N-methyl/N-ethyl adjacent to an activating group) is 1. The normalized spacial score (nSPS) is 27.0. The molecule has 0 aromatic rings. The van der Waals surface area contributed by atoms with Gasteiger partial charge in [-0.15, -0.1) is 0 Å². The first kappa shape index (κ1) is 13.9. The number of hydrogen-bond acceptors (Lipinski definition) is 3. The molecule has 16 heavy (non-hydrogen) atoms. The van der Waals surface area contributed by atoms with E-state index < -0.39 is 0 Å². The molecular formula is C13H29N3. The van der Waals surface area contributed by atoms with Crippen LogP contribution in [0.5, 0.6) is 0 Å². The highest BCUT2D eigenvalue weighted by molar-refractivity contribution is 4.98. The zero-order valence-corrected chi connectivity index (χ0v) is 11.9. The lowest BCUT2D eigenvalue weighted by Gasteiger charge is -2.53. The molecule has 1 atom stereocenters. The van der Waals surface area contributed by atoms with Gasteiger partial charge >= 0.3 is 0 Å². The number of piperazine rings is 1. The van der Waals surface area contributed by atoms with Gasteiger partial charge < -0.3 is 5.73 Å². The molecule has 3 nitrogen and oxygen atoms in total. The van der Waals surface area contributed by atoms with E-state index in [4.69, 9.17) is 5.73 Å². The minimum absolute atomic E-state index is 0.137. The number of nitrogens with zero attached hydrogens (tertiary/aromatic N) is 2. The van der Waals surface area contributed by atoms with E-state index in [1.165, 1.54) is 0 Å². The lowest BCUT2D eigenvalue weighted by Crippen LogP contribution is -2.66. The minimum Gasteiger partial charge on any atom is -0.329 e. The maximum Gasteiger partial charge on any atom is 0.0327 e. The molecule has 0 radical (unpaired) electrons. The Morgan fingerprint density at radius 3 is 2.25 bits per heavy atom. The van der Waals surface area contributed by atoms with E-state index in [1.54, 1.807) is 0 Å². The first-order valence-electron chi connectivity index (χ1n) is 6.40. The Morgan fingerprint density at radius 2 is 1.88 bits per heavy atom. The van der Waals surface area contributed by atoms with Crippen molar-refractivity contribution >= 4 is 0 Å². The first-order chi connectivity index (χ1) is 7.24. The van der Waals surface area contributed by atoms with Crippen LogP contribution in [0.2, 0.25) is 0 Å². The topological polar surface area (TPSA) is 32.5 Å². The van der Waals surface area contributed by atoms with Crippen LogP contribution in [0.15, 0.2) is 0 Å². The summed E-state index contributed by atoms with van der Waals surface area (Å²) in [6, 6.07) is 0. The van der Waals surface area contributed by atoms with Crippen molar-refractivity contribution in [1.29, 1.82) is 0 Å². The largest absolute Gasteiger partial charge is 0.329 e. The van der Waals surface area contributed by atoms with Crippen LogP contribution in [0, 0.1) is 5.92 Å². The molecule has 1 fully saturated rings. The molecule has 1 rings (SSSR count). The van der Waals surface area contributed by atoms with Gasteiger partial charge in [0.1, 0.15) is 0 Å². The number of rotatable bonds is 3. The van der Waals surface area contributed by atoms with Crippen LogP contribution in [-0.4, -0.2) is 54.1 Å². The van der Waals surface area contributed by atoms with Gasteiger partial charge in [0.05, 0.1) is 0 Å². The maximum atomic E-state index is 6.01. The maximum absolute atomic E-state index is 6.01. The van der Waals surface area contributed by atoms with Gasteiger partial charge in [-0.25, -0.2) is 0 Å². The summed E-state index contributed by atoms with van der Waals surface area (Å²) in [5, 5.41) is 0. The van der Waals surface area contributed by atoms with Gasteiger partial charge in [-0.3, -0.25) is 9.80 Å². The average molecular weight is 227 g/mol. The van der Waals surface area contributed by atoms with E-state index in [1.807, 2.05) is 0 Å². The summed E-state index contributed by atoms with van der Waals surface area (Å²) in [6.07, 6.45) is 0. The van der Waals surface area contributed by atoms with Crippen LogP contribution in [-0.2, 0) is 0 Å². The molecular weight excluding hydrogens is 198 g/mol. The minimum atomic E-state index is 0.137. The second kappa shape index (κ2) is 4.63. The summed E-state index contributed by atoms with van der Waals surface area (Å²) in [5.74, 6) is 0.594. The van der Waals surface area contributed by atoms with Crippen molar-refractivity contribution in [2.24, 2.45) is 11.7 Å². The third-order valence-corrected chi connectivity index (χ3v) is 4.70. The van der Waals surface area contributed by atoms with Crippen molar-refractivity contribution in [3.63, 3.8) is 0 Å². The Bertz CT molecular complexity index is 237. The summed E-state index contributed by atoms with van der Waals surface area (Å²) >= 11 is 0. The van der Waals surface area contributed by atoms with Crippen LogP contribution in [0.4, 0.5) is 0 Å². The Balaban J connectivity index is 2.82. The Morgan fingerprint density at radius 1 is 1.31 bits per heavy atom. The predicted octanol–water partition coefficient (Wildman–Crippen LogP) is 1.39. The second-order valence-corrected chi connectivity index (χ2v) is 6.37. The molecule has 96 valence electrons. The molecule has 0 spiro atoms. The van der Waals surface area contributed by atoms with E-state index in [-0.39, 0.29) is 11.1 Å². The van der Waals surface area contributed by atoms with Crippen LogP contribution < -0.4 is 5.73 Å². The molecule has 1 unspecified atom stereocenters. The molecule has 1 heterocycles. The monoisotopic (exact) mass is 227 g/mol. The molecule has 1 aliphatic heterocycles. The SMILES string of the molecule is CC(C)C(C)(CN)N1CCN(C)C(C)(C)C1. The van der Waals surface area contributed by atoms with Gasteiger partial charge in [-0.05, 0) is 33.7 Å². The van der Waals surface area contributed by atoms with Gasteiger partial charge in [0.25, 0.3) is 0 Å². The Hall–Kier alpha value is -0.120. The fourth-order valence-electron chi connectivity index (χ4n) is 2.41. The molecule has 1 saturated heterocycles. The van der Waals surface area contributed by atoms with Crippen LogP contribution >= 0.6 is 0 Å². The smallest absolute Gasteiger partial charge is 0.0327 e.